The highest BCUT2D eigenvalue weighted by atomic mass is 16.4. The van der Waals surface area contributed by atoms with Crippen molar-refractivity contribution in [1.29, 1.82) is 0 Å². The second-order valence-corrected chi connectivity index (χ2v) is 4.17. The standard InChI is InChI=1S/C12H13NO2/c1-12(2,11(14)15)9-4-3-5-10-8(9)6-7-13-10/h3-7,13H,1-2H3,(H,14,15). The summed E-state index contributed by atoms with van der Waals surface area (Å²) in [6.45, 7) is 3.44. The van der Waals surface area contributed by atoms with Crippen molar-refractivity contribution < 1.29 is 9.90 Å². The molecule has 0 saturated carbocycles. The van der Waals surface area contributed by atoms with E-state index in [1.807, 2.05) is 30.5 Å². The van der Waals surface area contributed by atoms with Gasteiger partial charge in [0, 0.05) is 17.1 Å². The maximum Gasteiger partial charge on any atom is 0.313 e. The molecule has 0 atom stereocenters. The van der Waals surface area contributed by atoms with E-state index >= 15 is 0 Å². The number of H-pyrrole nitrogens is 1. The lowest BCUT2D eigenvalue weighted by Crippen LogP contribution is -2.28. The molecule has 0 saturated heterocycles. The number of fused-ring (bicyclic) bond motifs is 1. The van der Waals surface area contributed by atoms with Gasteiger partial charge in [0.1, 0.15) is 0 Å². The van der Waals surface area contributed by atoms with Gasteiger partial charge in [0.25, 0.3) is 0 Å². The van der Waals surface area contributed by atoms with Crippen LogP contribution >= 0.6 is 0 Å². The number of carboxylic acids is 1. The summed E-state index contributed by atoms with van der Waals surface area (Å²) in [7, 11) is 0. The van der Waals surface area contributed by atoms with Crippen LogP contribution < -0.4 is 0 Å². The van der Waals surface area contributed by atoms with Gasteiger partial charge in [-0.1, -0.05) is 12.1 Å². The van der Waals surface area contributed by atoms with Gasteiger partial charge in [-0.05, 0) is 31.5 Å². The van der Waals surface area contributed by atoms with Crippen molar-refractivity contribution in [3.63, 3.8) is 0 Å². The molecule has 1 aromatic heterocycles. The van der Waals surface area contributed by atoms with E-state index in [2.05, 4.69) is 4.98 Å². The number of hydrogen-bond acceptors (Lipinski definition) is 1. The Morgan fingerprint density at radius 2 is 2.07 bits per heavy atom. The molecular weight excluding hydrogens is 190 g/mol. The summed E-state index contributed by atoms with van der Waals surface area (Å²) in [6.07, 6.45) is 1.83. The molecule has 1 heterocycles. The summed E-state index contributed by atoms with van der Waals surface area (Å²) in [5.41, 5.74) is 0.956. The normalized spacial score (nSPS) is 11.9. The molecular formula is C12H13NO2. The van der Waals surface area contributed by atoms with Crippen LogP contribution in [0.1, 0.15) is 19.4 Å². The van der Waals surface area contributed by atoms with Gasteiger partial charge < -0.3 is 10.1 Å². The molecule has 15 heavy (non-hydrogen) atoms. The number of nitrogens with one attached hydrogen (secondary N) is 1. The van der Waals surface area contributed by atoms with Crippen LogP contribution in [0.2, 0.25) is 0 Å². The van der Waals surface area contributed by atoms with E-state index < -0.39 is 11.4 Å². The average Bonchev–Trinajstić information content (AvgIpc) is 2.64. The van der Waals surface area contributed by atoms with Gasteiger partial charge in [-0.2, -0.15) is 0 Å². The number of aromatic nitrogens is 1. The Balaban J connectivity index is 2.71. The topological polar surface area (TPSA) is 53.1 Å². The third-order valence-electron chi connectivity index (χ3n) is 2.80. The van der Waals surface area contributed by atoms with E-state index in [0.29, 0.717) is 0 Å². The Morgan fingerprint density at radius 3 is 2.73 bits per heavy atom. The van der Waals surface area contributed by atoms with Gasteiger partial charge >= 0.3 is 5.97 Å². The lowest BCUT2D eigenvalue weighted by Gasteiger charge is -2.20. The van der Waals surface area contributed by atoms with Gasteiger partial charge in [-0.25, -0.2) is 0 Å². The van der Waals surface area contributed by atoms with Crippen LogP contribution in [0.15, 0.2) is 30.5 Å². The third kappa shape index (κ3) is 1.40. The van der Waals surface area contributed by atoms with Crippen LogP contribution in [-0.2, 0) is 10.2 Å². The Hall–Kier alpha value is -1.77. The van der Waals surface area contributed by atoms with E-state index in [4.69, 9.17) is 0 Å². The molecule has 2 N–H and O–H groups in total. The molecule has 2 rings (SSSR count). The highest BCUT2D eigenvalue weighted by molar-refractivity contribution is 5.91. The molecule has 78 valence electrons. The summed E-state index contributed by atoms with van der Waals surface area (Å²) in [5.74, 6) is -0.809. The Kier molecular flexibility index (Phi) is 2.03. The summed E-state index contributed by atoms with van der Waals surface area (Å²) in [4.78, 5) is 14.3. The first-order valence-corrected chi connectivity index (χ1v) is 4.83. The smallest absolute Gasteiger partial charge is 0.313 e. The van der Waals surface area contributed by atoms with Gasteiger partial charge in [0.2, 0.25) is 0 Å². The van der Waals surface area contributed by atoms with E-state index in [0.717, 1.165) is 16.5 Å². The zero-order valence-corrected chi connectivity index (χ0v) is 8.74. The zero-order chi connectivity index (χ0) is 11.1. The van der Waals surface area contributed by atoms with Gasteiger partial charge in [-0.15, -0.1) is 0 Å². The van der Waals surface area contributed by atoms with Gasteiger partial charge in [0.15, 0.2) is 0 Å². The zero-order valence-electron chi connectivity index (χ0n) is 8.74. The molecule has 0 aliphatic carbocycles. The number of aliphatic carboxylic acids is 1. The van der Waals surface area contributed by atoms with Crippen molar-refractivity contribution in [2.75, 3.05) is 0 Å². The summed E-state index contributed by atoms with van der Waals surface area (Å²) in [5, 5.41) is 10.2. The molecule has 0 spiro atoms. The first-order valence-electron chi connectivity index (χ1n) is 4.83. The monoisotopic (exact) mass is 203 g/mol. The van der Waals surface area contributed by atoms with Crippen molar-refractivity contribution in [3.05, 3.63) is 36.0 Å². The summed E-state index contributed by atoms with van der Waals surface area (Å²) in [6, 6.07) is 7.59. The Bertz CT molecular complexity index is 511. The van der Waals surface area contributed by atoms with Gasteiger partial charge in [-0.3, -0.25) is 4.79 Å². The van der Waals surface area contributed by atoms with Crippen LogP contribution in [0.5, 0.6) is 0 Å². The number of benzene rings is 1. The van der Waals surface area contributed by atoms with Crippen molar-refractivity contribution >= 4 is 16.9 Å². The average molecular weight is 203 g/mol. The molecule has 2 aromatic rings. The molecule has 3 heteroatoms. The number of hydrogen-bond donors (Lipinski definition) is 2. The summed E-state index contributed by atoms with van der Waals surface area (Å²) < 4.78 is 0. The lowest BCUT2D eigenvalue weighted by atomic mass is 9.83. The maximum atomic E-state index is 11.2. The van der Waals surface area contributed by atoms with Crippen LogP contribution in [-0.4, -0.2) is 16.1 Å². The lowest BCUT2D eigenvalue weighted by molar-refractivity contribution is -0.142. The minimum atomic E-state index is -0.859. The van der Waals surface area contributed by atoms with Crippen LogP contribution in [0, 0.1) is 0 Å². The molecule has 0 aliphatic heterocycles. The van der Waals surface area contributed by atoms with E-state index in [9.17, 15) is 9.90 Å². The first kappa shape index (κ1) is 9.77. The van der Waals surface area contributed by atoms with Crippen LogP contribution in [0.4, 0.5) is 0 Å². The number of carboxylic acid groups (broad SMARTS) is 1. The Morgan fingerprint density at radius 1 is 1.33 bits per heavy atom. The fourth-order valence-corrected chi connectivity index (χ4v) is 1.75. The van der Waals surface area contributed by atoms with Crippen LogP contribution in [0.25, 0.3) is 10.9 Å². The first-order chi connectivity index (χ1) is 7.03. The largest absolute Gasteiger partial charge is 0.481 e. The quantitative estimate of drug-likeness (QED) is 0.788. The van der Waals surface area contributed by atoms with E-state index in [-0.39, 0.29) is 0 Å². The number of rotatable bonds is 2. The summed E-state index contributed by atoms with van der Waals surface area (Å²) >= 11 is 0. The highest BCUT2D eigenvalue weighted by Crippen LogP contribution is 2.30. The number of aromatic amines is 1. The second-order valence-electron chi connectivity index (χ2n) is 4.17. The molecule has 0 amide bonds. The van der Waals surface area contributed by atoms with Crippen LogP contribution in [0.3, 0.4) is 0 Å². The molecule has 0 aliphatic rings. The molecule has 3 nitrogen and oxygen atoms in total. The molecule has 0 bridgehead atoms. The molecule has 0 radical (unpaired) electrons. The Labute approximate surface area is 87.7 Å². The minimum Gasteiger partial charge on any atom is -0.481 e. The third-order valence-corrected chi connectivity index (χ3v) is 2.80. The highest BCUT2D eigenvalue weighted by Gasteiger charge is 2.30. The predicted octanol–water partition coefficient (Wildman–Crippen LogP) is 2.53. The number of carbonyl (C=O) groups is 1. The van der Waals surface area contributed by atoms with E-state index in [1.165, 1.54) is 0 Å². The SMILES string of the molecule is CC(C)(C(=O)O)c1cccc2[nH]ccc12. The van der Waals surface area contributed by atoms with E-state index in [1.54, 1.807) is 13.8 Å². The van der Waals surface area contributed by atoms with Crippen molar-refractivity contribution in [3.8, 4) is 0 Å². The molecule has 1 aromatic carbocycles. The predicted molar refractivity (Wildman–Crippen MR) is 59.0 cm³/mol. The molecule has 0 unspecified atom stereocenters. The van der Waals surface area contributed by atoms with Crippen molar-refractivity contribution in [1.82, 2.24) is 4.98 Å². The van der Waals surface area contributed by atoms with Crippen molar-refractivity contribution in [2.24, 2.45) is 0 Å². The van der Waals surface area contributed by atoms with Crippen molar-refractivity contribution in [2.45, 2.75) is 19.3 Å². The fourth-order valence-electron chi connectivity index (χ4n) is 1.75. The minimum absolute atomic E-state index is 0.809. The van der Waals surface area contributed by atoms with Gasteiger partial charge in [0.05, 0.1) is 5.41 Å². The molecule has 0 fully saturated rings. The second kappa shape index (κ2) is 3.12. The maximum absolute atomic E-state index is 11.2. The fraction of sp³-hybridized carbons (Fsp3) is 0.250.